The smallest absolute Gasteiger partial charge is 0.306 e. The van der Waals surface area contributed by atoms with Gasteiger partial charge in [-0.2, -0.15) is 0 Å². The van der Waals surface area contributed by atoms with Crippen molar-refractivity contribution in [2.75, 3.05) is 6.61 Å². The summed E-state index contributed by atoms with van der Waals surface area (Å²) in [5, 5.41) is 0. The highest BCUT2D eigenvalue weighted by molar-refractivity contribution is 5.70. The number of hydrogen-bond donors (Lipinski definition) is 0. The first-order valence-corrected chi connectivity index (χ1v) is 16.2. The van der Waals surface area contributed by atoms with Gasteiger partial charge in [0, 0.05) is 6.42 Å². The lowest BCUT2D eigenvalue weighted by atomic mass is 10.0. The summed E-state index contributed by atoms with van der Waals surface area (Å²) < 4.78 is 11.6. The fraction of sp³-hybridized carbons (Fsp3) is 0.639. The van der Waals surface area contributed by atoms with Gasteiger partial charge in [-0.25, -0.2) is 0 Å². The molecule has 3 nitrogen and oxygen atoms in total. The van der Waals surface area contributed by atoms with Gasteiger partial charge in [-0.3, -0.25) is 4.79 Å². The van der Waals surface area contributed by atoms with E-state index in [0.29, 0.717) is 6.42 Å². The molecule has 0 aliphatic heterocycles. The molecule has 0 aliphatic rings. The number of ether oxygens (including phenoxy) is 2. The summed E-state index contributed by atoms with van der Waals surface area (Å²) in [6, 6.07) is 16.7. The van der Waals surface area contributed by atoms with Crippen molar-refractivity contribution in [1.82, 2.24) is 0 Å². The Balaban J connectivity index is 1.61. The number of hydrogen-bond acceptors (Lipinski definition) is 3. The van der Waals surface area contributed by atoms with Gasteiger partial charge < -0.3 is 9.47 Å². The molecule has 0 radical (unpaired) electrons. The Hall–Kier alpha value is -2.29. The van der Waals surface area contributed by atoms with E-state index in [1.807, 2.05) is 6.92 Å². The van der Waals surface area contributed by atoms with Gasteiger partial charge >= 0.3 is 5.97 Å². The average molecular weight is 537 g/mol. The summed E-state index contributed by atoms with van der Waals surface area (Å²) in [7, 11) is 0. The molecule has 0 saturated heterocycles. The molecule has 218 valence electrons. The van der Waals surface area contributed by atoms with Crippen molar-refractivity contribution in [1.29, 1.82) is 0 Å². The fourth-order valence-electron chi connectivity index (χ4n) is 5.02. The summed E-state index contributed by atoms with van der Waals surface area (Å²) in [4.78, 5) is 12.3. The van der Waals surface area contributed by atoms with Crippen LogP contribution in [0, 0.1) is 0 Å². The maximum atomic E-state index is 12.3. The highest BCUT2D eigenvalue weighted by atomic mass is 16.5. The Morgan fingerprint density at radius 1 is 0.590 bits per heavy atom. The maximum absolute atomic E-state index is 12.3. The lowest BCUT2D eigenvalue weighted by molar-refractivity contribution is -0.148. The molecular weight excluding hydrogens is 480 g/mol. The van der Waals surface area contributed by atoms with Crippen LogP contribution in [0.2, 0.25) is 0 Å². The highest BCUT2D eigenvalue weighted by Gasteiger charge is 2.12. The quantitative estimate of drug-likeness (QED) is 0.105. The van der Waals surface area contributed by atoms with E-state index in [2.05, 4.69) is 62.4 Å². The first kappa shape index (κ1) is 32.9. The predicted octanol–water partition coefficient (Wildman–Crippen LogP) is 11.4. The van der Waals surface area contributed by atoms with Crippen molar-refractivity contribution in [2.24, 2.45) is 0 Å². The van der Waals surface area contributed by atoms with E-state index in [0.717, 1.165) is 48.3 Å². The topological polar surface area (TPSA) is 35.5 Å². The Morgan fingerprint density at radius 3 is 1.54 bits per heavy atom. The number of benzene rings is 2. The third-order valence-electron chi connectivity index (χ3n) is 7.63. The minimum atomic E-state index is -0.225. The van der Waals surface area contributed by atoms with E-state index >= 15 is 0 Å². The normalized spacial score (nSPS) is 11.9. The molecule has 0 amide bonds. The molecule has 2 aromatic rings. The zero-order valence-corrected chi connectivity index (χ0v) is 25.4. The Morgan fingerprint density at radius 2 is 1.03 bits per heavy atom. The van der Waals surface area contributed by atoms with Crippen molar-refractivity contribution >= 4 is 5.97 Å². The van der Waals surface area contributed by atoms with Crippen LogP contribution < -0.4 is 4.74 Å². The number of rotatable bonds is 23. The molecule has 39 heavy (non-hydrogen) atoms. The fourth-order valence-corrected chi connectivity index (χ4v) is 5.02. The molecule has 0 heterocycles. The SMILES string of the molecule is CCCCCCCCCCCCC(=O)OC(C)c1ccc(-c2ccc(OCCCCCCCCC)cc2)cc1. The monoisotopic (exact) mass is 536 g/mol. The summed E-state index contributed by atoms with van der Waals surface area (Å²) in [5.41, 5.74) is 3.35. The molecule has 2 aromatic carbocycles. The first-order valence-electron chi connectivity index (χ1n) is 16.2. The van der Waals surface area contributed by atoms with Crippen LogP contribution in [0.5, 0.6) is 5.75 Å². The lowest BCUT2D eigenvalue weighted by Crippen LogP contribution is -2.08. The number of esters is 1. The van der Waals surface area contributed by atoms with Crippen LogP contribution in [0.25, 0.3) is 11.1 Å². The van der Waals surface area contributed by atoms with Gasteiger partial charge in [-0.15, -0.1) is 0 Å². The largest absolute Gasteiger partial charge is 0.494 e. The van der Waals surface area contributed by atoms with Crippen LogP contribution in [0.15, 0.2) is 48.5 Å². The van der Waals surface area contributed by atoms with E-state index < -0.39 is 0 Å². The van der Waals surface area contributed by atoms with Crippen LogP contribution in [0.4, 0.5) is 0 Å². The summed E-state index contributed by atoms with van der Waals surface area (Å²) in [6.07, 6.45) is 22.1. The lowest BCUT2D eigenvalue weighted by Gasteiger charge is -2.14. The van der Waals surface area contributed by atoms with Crippen LogP contribution in [0.3, 0.4) is 0 Å². The van der Waals surface area contributed by atoms with Crippen molar-refractivity contribution in [3.8, 4) is 16.9 Å². The Kier molecular flexibility index (Phi) is 18.2. The minimum absolute atomic E-state index is 0.0850. The van der Waals surface area contributed by atoms with E-state index in [9.17, 15) is 4.79 Å². The van der Waals surface area contributed by atoms with Gasteiger partial charge in [-0.05, 0) is 48.6 Å². The predicted molar refractivity (Wildman–Crippen MR) is 166 cm³/mol. The first-order chi connectivity index (χ1) is 19.1. The van der Waals surface area contributed by atoms with Gasteiger partial charge in [0.05, 0.1) is 6.61 Å². The third-order valence-corrected chi connectivity index (χ3v) is 7.63. The molecule has 0 bridgehead atoms. The minimum Gasteiger partial charge on any atom is -0.494 e. The molecule has 2 rings (SSSR count). The molecule has 1 unspecified atom stereocenters. The number of unbranched alkanes of at least 4 members (excludes halogenated alkanes) is 15. The molecule has 1 atom stereocenters. The molecule has 0 spiro atoms. The molecule has 0 aromatic heterocycles. The van der Waals surface area contributed by atoms with Gasteiger partial charge in [0.1, 0.15) is 11.9 Å². The van der Waals surface area contributed by atoms with E-state index in [1.165, 1.54) is 89.9 Å². The van der Waals surface area contributed by atoms with Crippen molar-refractivity contribution < 1.29 is 14.3 Å². The standard InChI is InChI=1S/C36H56O3/c1-4-6-8-10-12-13-14-15-17-19-21-36(37)39-31(3)32-22-24-33(25-23-32)34-26-28-35(29-27-34)38-30-20-18-16-11-9-7-5-2/h22-29,31H,4-21,30H2,1-3H3. The molecule has 0 aliphatic carbocycles. The summed E-state index contributed by atoms with van der Waals surface area (Å²) >= 11 is 0. The summed E-state index contributed by atoms with van der Waals surface area (Å²) in [6.45, 7) is 7.27. The van der Waals surface area contributed by atoms with E-state index in [-0.39, 0.29) is 12.1 Å². The van der Waals surface area contributed by atoms with Gasteiger partial charge in [0.25, 0.3) is 0 Å². The zero-order valence-electron chi connectivity index (χ0n) is 25.4. The third kappa shape index (κ3) is 15.2. The second kappa shape index (κ2) is 21.5. The van der Waals surface area contributed by atoms with Crippen LogP contribution in [-0.4, -0.2) is 12.6 Å². The number of carbonyl (C=O) groups is 1. The molecule has 0 N–H and O–H groups in total. The highest BCUT2D eigenvalue weighted by Crippen LogP contribution is 2.26. The average Bonchev–Trinajstić information content (AvgIpc) is 2.96. The zero-order chi connectivity index (χ0) is 28.0. The van der Waals surface area contributed by atoms with Crippen molar-refractivity contribution in [2.45, 2.75) is 142 Å². The number of carbonyl (C=O) groups excluding carboxylic acids is 1. The van der Waals surface area contributed by atoms with Gasteiger partial charge in [0.2, 0.25) is 0 Å². The van der Waals surface area contributed by atoms with Crippen molar-refractivity contribution in [3.05, 3.63) is 54.1 Å². The van der Waals surface area contributed by atoms with Crippen LogP contribution in [0.1, 0.15) is 148 Å². The molecular formula is C36H56O3. The summed E-state index contributed by atoms with van der Waals surface area (Å²) in [5.74, 6) is 0.850. The molecule has 0 saturated carbocycles. The van der Waals surface area contributed by atoms with E-state index in [1.54, 1.807) is 0 Å². The molecule has 3 heteroatoms. The second-order valence-electron chi connectivity index (χ2n) is 11.2. The Bertz CT molecular complexity index is 856. The van der Waals surface area contributed by atoms with Gasteiger partial charge in [-0.1, -0.05) is 147 Å². The second-order valence-corrected chi connectivity index (χ2v) is 11.2. The maximum Gasteiger partial charge on any atom is 0.306 e. The van der Waals surface area contributed by atoms with Gasteiger partial charge in [0.15, 0.2) is 0 Å². The molecule has 0 fully saturated rings. The van der Waals surface area contributed by atoms with E-state index in [4.69, 9.17) is 9.47 Å². The van der Waals surface area contributed by atoms with Crippen LogP contribution in [-0.2, 0) is 9.53 Å². The Labute approximate surface area is 240 Å². The van der Waals surface area contributed by atoms with Crippen molar-refractivity contribution in [3.63, 3.8) is 0 Å². The van der Waals surface area contributed by atoms with Crippen LogP contribution >= 0.6 is 0 Å².